The van der Waals surface area contributed by atoms with Gasteiger partial charge in [0.1, 0.15) is 0 Å². The SMILES string of the molecule is CCCNCc1cn(C)nc1-c1ccc(Cl)cc1Cl. The standard InChI is InChI=1S/C14H17Cl2N3/c1-3-6-17-8-10-9-19(2)18-14(10)12-5-4-11(15)7-13(12)16/h4-5,7,9,17H,3,6,8H2,1-2H3. The molecule has 0 saturated heterocycles. The highest BCUT2D eigenvalue weighted by Gasteiger charge is 2.13. The Hall–Kier alpha value is -1.03. The molecule has 2 aromatic rings. The van der Waals surface area contributed by atoms with Gasteiger partial charge in [0.25, 0.3) is 0 Å². The van der Waals surface area contributed by atoms with Crippen LogP contribution in [0.5, 0.6) is 0 Å². The molecule has 1 heterocycles. The highest BCUT2D eigenvalue weighted by molar-refractivity contribution is 6.36. The summed E-state index contributed by atoms with van der Waals surface area (Å²) in [5, 5.41) is 9.14. The van der Waals surface area contributed by atoms with Crippen molar-refractivity contribution >= 4 is 23.2 Å². The van der Waals surface area contributed by atoms with Crippen molar-refractivity contribution < 1.29 is 0 Å². The fourth-order valence-corrected chi connectivity index (χ4v) is 2.47. The monoisotopic (exact) mass is 297 g/mol. The minimum absolute atomic E-state index is 0.628. The molecular formula is C14H17Cl2N3. The molecule has 0 unspecified atom stereocenters. The van der Waals surface area contributed by atoms with Gasteiger partial charge in [-0.1, -0.05) is 30.1 Å². The van der Waals surface area contributed by atoms with Gasteiger partial charge in [0, 0.05) is 35.9 Å². The van der Waals surface area contributed by atoms with Gasteiger partial charge in [-0.3, -0.25) is 4.68 Å². The van der Waals surface area contributed by atoms with Crippen LogP contribution in [-0.4, -0.2) is 16.3 Å². The molecule has 5 heteroatoms. The van der Waals surface area contributed by atoms with E-state index in [0.717, 1.165) is 36.3 Å². The Bertz CT molecular complexity index is 564. The largest absolute Gasteiger partial charge is 0.313 e. The van der Waals surface area contributed by atoms with Gasteiger partial charge in [0.05, 0.1) is 10.7 Å². The van der Waals surface area contributed by atoms with E-state index in [0.29, 0.717) is 10.0 Å². The van der Waals surface area contributed by atoms with Crippen LogP contribution in [0.3, 0.4) is 0 Å². The molecule has 0 bridgehead atoms. The van der Waals surface area contributed by atoms with Gasteiger partial charge in [-0.25, -0.2) is 0 Å². The van der Waals surface area contributed by atoms with E-state index >= 15 is 0 Å². The number of halogens is 2. The third kappa shape index (κ3) is 3.50. The lowest BCUT2D eigenvalue weighted by Crippen LogP contribution is -2.13. The van der Waals surface area contributed by atoms with Crippen LogP contribution in [0.4, 0.5) is 0 Å². The molecule has 1 aromatic carbocycles. The first-order chi connectivity index (χ1) is 9.11. The van der Waals surface area contributed by atoms with Crippen LogP contribution in [0.2, 0.25) is 10.0 Å². The van der Waals surface area contributed by atoms with Crippen molar-refractivity contribution in [3.8, 4) is 11.3 Å². The zero-order chi connectivity index (χ0) is 13.8. The average Bonchev–Trinajstić information content (AvgIpc) is 2.71. The molecule has 0 aliphatic rings. The van der Waals surface area contributed by atoms with E-state index < -0.39 is 0 Å². The highest BCUT2D eigenvalue weighted by atomic mass is 35.5. The molecule has 1 N–H and O–H groups in total. The van der Waals surface area contributed by atoms with Crippen molar-refractivity contribution in [1.82, 2.24) is 15.1 Å². The summed E-state index contributed by atoms with van der Waals surface area (Å²) in [6.45, 7) is 3.92. The van der Waals surface area contributed by atoms with E-state index in [9.17, 15) is 0 Å². The van der Waals surface area contributed by atoms with Crippen LogP contribution in [-0.2, 0) is 13.6 Å². The maximum Gasteiger partial charge on any atom is 0.0982 e. The van der Waals surface area contributed by atoms with Crippen LogP contribution in [0.25, 0.3) is 11.3 Å². The lowest BCUT2D eigenvalue weighted by atomic mass is 10.1. The molecule has 1 aromatic heterocycles. The Balaban J connectivity index is 2.32. The van der Waals surface area contributed by atoms with Gasteiger partial charge in [-0.05, 0) is 31.2 Å². The van der Waals surface area contributed by atoms with Crippen LogP contribution in [0.15, 0.2) is 24.4 Å². The molecule has 0 atom stereocenters. The zero-order valence-electron chi connectivity index (χ0n) is 11.1. The molecular weight excluding hydrogens is 281 g/mol. The second-order valence-corrected chi connectivity index (χ2v) is 5.32. The topological polar surface area (TPSA) is 29.9 Å². The minimum Gasteiger partial charge on any atom is -0.313 e. The highest BCUT2D eigenvalue weighted by Crippen LogP contribution is 2.31. The average molecular weight is 298 g/mol. The quantitative estimate of drug-likeness (QED) is 0.849. The molecule has 19 heavy (non-hydrogen) atoms. The maximum absolute atomic E-state index is 6.25. The first-order valence-electron chi connectivity index (χ1n) is 6.30. The number of aryl methyl sites for hydroxylation is 1. The van der Waals surface area contributed by atoms with Crippen LogP contribution in [0, 0.1) is 0 Å². The number of nitrogens with one attached hydrogen (secondary N) is 1. The van der Waals surface area contributed by atoms with Gasteiger partial charge in [0.2, 0.25) is 0 Å². The normalized spacial score (nSPS) is 10.9. The summed E-state index contributed by atoms with van der Waals surface area (Å²) in [5.41, 5.74) is 2.97. The van der Waals surface area contributed by atoms with Gasteiger partial charge in [-0.15, -0.1) is 0 Å². The summed E-state index contributed by atoms with van der Waals surface area (Å²) >= 11 is 12.2. The number of hydrogen-bond acceptors (Lipinski definition) is 2. The Morgan fingerprint density at radius 2 is 2.11 bits per heavy atom. The second-order valence-electron chi connectivity index (χ2n) is 4.48. The summed E-state index contributed by atoms with van der Waals surface area (Å²) in [4.78, 5) is 0. The van der Waals surface area contributed by atoms with Crippen molar-refractivity contribution in [2.24, 2.45) is 7.05 Å². The molecule has 0 amide bonds. The Labute approximate surface area is 123 Å². The lowest BCUT2D eigenvalue weighted by molar-refractivity contribution is 0.675. The molecule has 0 saturated carbocycles. The van der Waals surface area contributed by atoms with Gasteiger partial charge in [-0.2, -0.15) is 5.10 Å². The maximum atomic E-state index is 6.25. The number of aromatic nitrogens is 2. The Kier molecular flexibility index (Phi) is 4.86. The molecule has 0 spiro atoms. The first-order valence-corrected chi connectivity index (χ1v) is 7.06. The van der Waals surface area contributed by atoms with Crippen molar-refractivity contribution in [2.45, 2.75) is 19.9 Å². The number of nitrogens with zero attached hydrogens (tertiary/aromatic N) is 2. The summed E-state index contributed by atoms with van der Waals surface area (Å²) in [6, 6.07) is 5.49. The fraction of sp³-hybridized carbons (Fsp3) is 0.357. The fourth-order valence-electron chi connectivity index (χ4n) is 1.98. The van der Waals surface area contributed by atoms with Gasteiger partial charge < -0.3 is 5.32 Å². The summed E-state index contributed by atoms with van der Waals surface area (Å²) in [7, 11) is 1.91. The van der Waals surface area contributed by atoms with Crippen LogP contribution in [0.1, 0.15) is 18.9 Å². The van der Waals surface area contributed by atoms with Gasteiger partial charge >= 0.3 is 0 Å². The van der Waals surface area contributed by atoms with Crippen LogP contribution < -0.4 is 5.32 Å². The third-order valence-electron chi connectivity index (χ3n) is 2.83. The van der Waals surface area contributed by atoms with Crippen molar-refractivity contribution in [1.29, 1.82) is 0 Å². The van der Waals surface area contributed by atoms with Crippen LogP contribution >= 0.6 is 23.2 Å². The predicted octanol–water partition coefficient (Wildman–Crippen LogP) is 3.89. The molecule has 0 aliphatic carbocycles. The minimum atomic E-state index is 0.628. The molecule has 3 nitrogen and oxygen atoms in total. The van der Waals surface area contributed by atoms with Crippen molar-refractivity contribution in [3.63, 3.8) is 0 Å². The molecule has 0 radical (unpaired) electrons. The second kappa shape index (κ2) is 6.42. The van der Waals surface area contributed by atoms with E-state index in [1.165, 1.54) is 0 Å². The summed E-state index contributed by atoms with van der Waals surface area (Å²) in [5.74, 6) is 0. The lowest BCUT2D eigenvalue weighted by Gasteiger charge is -2.06. The van der Waals surface area contributed by atoms with E-state index in [-0.39, 0.29) is 0 Å². The van der Waals surface area contributed by atoms with Crippen molar-refractivity contribution in [3.05, 3.63) is 40.0 Å². The van der Waals surface area contributed by atoms with E-state index in [2.05, 4.69) is 17.3 Å². The Morgan fingerprint density at radius 3 is 2.79 bits per heavy atom. The molecule has 0 fully saturated rings. The number of hydrogen-bond donors (Lipinski definition) is 1. The third-order valence-corrected chi connectivity index (χ3v) is 3.38. The van der Waals surface area contributed by atoms with E-state index in [1.807, 2.05) is 30.1 Å². The Morgan fingerprint density at radius 1 is 1.32 bits per heavy atom. The molecule has 0 aliphatic heterocycles. The number of benzene rings is 1. The van der Waals surface area contributed by atoms with E-state index in [1.54, 1.807) is 6.07 Å². The van der Waals surface area contributed by atoms with Crippen molar-refractivity contribution in [2.75, 3.05) is 6.54 Å². The van der Waals surface area contributed by atoms with Gasteiger partial charge in [0.15, 0.2) is 0 Å². The molecule has 2 rings (SSSR count). The summed E-state index contributed by atoms with van der Waals surface area (Å²) in [6.07, 6.45) is 3.13. The first kappa shape index (κ1) is 14.4. The zero-order valence-corrected chi connectivity index (χ0v) is 12.6. The smallest absolute Gasteiger partial charge is 0.0982 e. The molecule has 102 valence electrons. The van der Waals surface area contributed by atoms with E-state index in [4.69, 9.17) is 23.2 Å². The predicted molar refractivity (Wildman–Crippen MR) is 80.7 cm³/mol. The summed E-state index contributed by atoms with van der Waals surface area (Å²) < 4.78 is 1.81. The number of rotatable bonds is 5.